The molecule has 0 spiro atoms. The molecule has 106 valence electrons. The van der Waals surface area contributed by atoms with Crippen molar-refractivity contribution < 1.29 is 8.42 Å². The first-order chi connectivity index (χ1) is 8.96. The summed E-state index contributed by atoms with van der Waals surface area (Å²) in [4.78, 5) is 0.344. The zero-order valence-electron chi connectivity index (χ0n) is 11.0. The molecule has 0 saturated carbocycles. The highest BCUT2D eigenvalue weighted by molar-refractivity contribution is 8.00. The van der Waals surface area contributed by atoms with Gasteiger partial charge < -0.3 is 0 Å². The van der Waals surface area contributed by atoms with Crippen LogP contribution in [0.15, 0.2) is 29.2 Å². The molecule has 2 atom stereocenters. The summed E-state index contributed by atoms with van der Waals surface area (Å²) in [5.41, 5.74) is 0.829. The lowest BCUT2D eigenvalue weighted by Gasteiger charge is -2.36. The monoisotopic (exact) mass is 319 g/mol. The molecule has 1 heterocycles. The highest BCUT2D eigenvalue weighted by Crippen LogP contribution is 2.29. The van der Waals surface area contributed by atoms with E-state index in [1.807, 2.05) is 24.8 Å². The molecule has 1 aromatic rings. The van der Waals surface area contributed by atoms with Gasteiger partial charge in [-0.05, 0) is 24.6 Å². The molecule has 1 aromatic carbocycles. The molecule has 0 radical (unpaired) electrons. The van der Waals surface area contributed by atoms with Crippen molar-refractivity contribution in [2.24, 2.45) is 0 Å². The van der Waals surface area contributed by atoms with E-state index in [1.54, 1.807) is 22.5 Å². The van der Waals surface area contributed by atoms with Crippen molar-refractivity contribution in [2.75, 3.05) is 12.3 Å². The summed E-state index contributed by atoms with van der Waals surface area (Å²) < 4.78 is 27.0. The molecule has 0 amide bonds. The Bertz CT molecular complexity index is 547. The Labute approximate surface area is 124 Å². The first-order valence-electron chi connectivity index (χ1n) is 6.25. The van der Waals surface area contributed by atoms with Gasteiger partial charge in [0, 0.05) is 29.5 Å². The number of thioether (sulfide) groups is 1. The lowest BCUT2D eigenvalue weighted by atomic mass is 10.2. The maximum absolute atomic E-state index is 12.7. The molecule has 1 aliphatic heterocycles. The Hall–Kier alpha value is -0.230. The predicted octanol–water partition coefficient (Wildman–Crippen LogP) is 2.94. The number of sulfonamides is 1. The van der Waals surface area contributed by atoms with E-state index >= 15 is 0 Å². The molecule has 0 aromatic heterocycles. The molecule has 2 unspecified atom stereocenters. The van der Waals surface area contributed by atoms with E-state index in [9.17, 15) is 8.42 Å². The van der Waals surface area contributed by atoms with Gasteiger partial charge in [-0.15, -0.1) is 11.6 Å². The minimum absolute atomic E-state index is 0.0170. The van der Waals surface area contributed by atoms with Crippen LogP contribution in [0.25, 0.3) is 0 Å². The minimum Gasteiger partial charge on any atom is -0.207 e. The van der Waals surface area contributed by atoms with Gasteiger partial charge in [0.25, 0.3) is 0 Å². The zero-order chi connectivity index (χ0) is 14.0. The Morgan fingerprint density at radius 2 is 2.16 bits per heavy atom. The predicted molar refractivity (Wildman–Crippen MR) is 81.3 cm³/mol. The number of hydrogen-bond acceptors (Lipinski definition) is 3. The largest absolute Gasteiger partial charge is 0.243 e. The van der Waals surface area contributed by atoms with E-state index < -0.39 is 10.0 Å². The SMILES string of the molecule is CC1SCCN(S(=O)(=O)c2cccc(CCl)c2)C1C. The molecule has 1 fully saturated rings. The Morgan fingerprint density at radius 1 is 1.42 bits per heavy atom. The molecular weight excluding hydrogens is 302 g/mol. The van der Waals surface area contributed by atoms with Crippen LogP contribution in [0.2, 0.25) is 0 Å². The molecule has 19 heavy (non-hydrogen) atoms. The number of alkyl halides is 1. The van der Waals surface area contributed by atoms with Gasteiger partial charge in [-0.25, -0.2) is 8.42 Å². The Morgan fingerprint density at radius 3 is 2.84 bits per heavy atom. The van der Waals surface area contributed by atoms with Gasteiger partial charge >= 0.3 is 0 Å². The van der Waals surface area contributed by atoms with Crippen LogP contribution in [0.1, 0.15) is 19.4 Å². The van der Waals surface area contributed by atoms with E-state index in [0.717, 1.165) is 11.3 Å². The second-order valence-electron chi connectivity index (χ2n) is 4.71. The first kappa shape index (κ1) is 15.2. The first-order valence-corrected chi connectivity index (χ1v) is 9.27. The standard InChI is InChI=1S/C13H18ClNO2S2/c1-10-11(2)18-7-6-15(10)19(16,17)13-5-3-4-12(8-13)9-14/h3-5,8,10-11H,6-7,9H2,1-2H3. The van der Waals surface area contributed by atoms with Crippen molar-refractivity contribution in [2.45, 2.75) is 35.9 Å². The molecule has 3 nitrogen and oxygen atoms in total. The van der Waals surface area contributed by atoms with E-state index in [0.29, 0.717) is 22.6 Å². The van der Waals surface area contributed by atoms with Crippen LogP contribution in [0, 0.1) is 0 Å². The topological polar surface area (TPSA) is 37.4 Å². The molecule has 1 aliphatic rings. The van der Waals surface area contributed by atoms with Gasteiger partial charge in [0.1, 0.15) is 0 Å². The summed E-state index contributed by atoms with van der Waals surface area (Å²) in [5, 5.41) is 0.319. The minimum atomic E-state index is -3.42. The van der Waals surface area contributed by atoms with Gasteiger partial charge in [-0.2, -0.15) is 16.1 Å². The lowest BCUT2D eigenvalue weighted by Crippen LogP contribution is -2.47. The van der Waals surface area contributed by atoms with E-state index in [-0.39, 0.29) is 6.04 Å². The van der Waals surface area contributed by atoms with Gasteiger partial charge in [0.2, 0.25) is 10.0 Å². The molecule has 0 aliphatic carbocycles. The Kier molecular flexibility index (Phi) is 4.82. The van der Waals surface area contributed by atoms with Gasteiger partial charge in [-0.3, -0.25) is 0 Å². The lowest BCUT2D eigenvalue weighted by molar-refractivity contribution is 0.340. The van der Waals surface area contributed by atoms with Gasteiger partial charge in [-0.1, -0.05) is 19.1 Å². The summed E-state index contributed by atoms with van der Waals surface area (Å²) in [6, 6.07) is 6.91. The fourth-order valence-electron chi connectivity index (χ4n) is 2.17. The summed E-state index contributed by atoms with van der Waals surface area (Å²) in [7, 11) is -3.42. The second kappa shape index (κ2) is 6.04. The van der Waals surface area contributed by atoms with Crippen molar-refractivity contribution in [3.63, 3.8) is 0 Å². The third-order valence-electron chi connectivity index (χ3n) is 3.49. The molecular formula is C13H18ClNO2S2. The average Bonchev–Trinajstić information content (AvgIpc) is 2.41. The van der Waals surface area contributed by atoms with E-state index in [4.69, 9.17) is 11.6 Å². The average molecular weight is 320 g/mol. The van der Waals surface area contributed by atoms with Crippen LogP contribution in [0.5, 0.6) is 0 Å². The van der Waals surface area contributed by atoms with Crippen molar-refractivity contribution in [1.29, 1.82) is 0 Å². The highest BCUT2D eigenvalue weighted by atomic mass is 35.5. The number of hydrogen-bond donors (Lipinski definition) is 0. The van der Waals surface area contributed by atoms with E-state index in [1.165, 1.54) is 0 Å². The quantitative estimate of drug-likeness (QED) is 0.804. The maximum atomic E-state index is 12.7. The van der Waals surface area contributed by atoms with E-state index in [2.05, 4.69) is 6.92 Å². The van der Waals surface area contributed by atoms with Crippen LogP contribution >= 0.6 is 23.4 Å². The summed E-state index contributed by atoms with van der Waals surface area (Å²) in [6.45, 7) is 4.62. The molecule has 0 bridgehead atoms. The molecule has 1 saturated heterocycles. The zero-order valence-corrected chi connectivity index (χ0v) is 13.4. The fourth-order valence-corrected chi connectivity index (χ4v) is 5.40. The van der Waals surface area contributed by atoms with Crippen LogP contribution < -0.4 is 0 Å². The number of halogens is 1. The number of benzene rings is 1. The normalized spacial score (nSPS) is 25.4. The van der Waals surface area contributed by atoms with Gasteiger partial charge in [0.15, 0.2) is 0 Å². The highest BCUT2D eigenvalue weighted by Gasteiger charge is 2.34. The van der Waals surface area contributed by atoms with Crippen LogP contribution in [-0.2, 0) is 15.9 Å². The third kappa shape index (κ3) is 3.10. The summed E-state index contributed by atoms with van der Waals surface area (Å²) >= 11 is 7.60. The summed E-state index contributed by atoms with van der Waals surface area (Å²) in [5.74, 6) is 1.17. The molecule has 6 heteroatoms. The number of rotatable bonds is 3. The molecule has 2 rings (SSSR count). The smallest absolute Gasteiger partial charge is 0.207 e. The maximum Gasteiger partial charge on any atom is 0.243 e. The van der Waals surface area contributed by atoms with Crippen LogP contribution in [-0.4, -0.2) is 36.3 Å². The van der Waals surface area contributed by atoms with Crippen molar-refractivity contribution in [3.05, 3.63) is 29.8 Å². The van der Waals surface area contributed by atoms with Crippen LogP contribution in [0.4, 0.5) is 0 Å². The van der Waals surface area contributed by atoms with Crippen molar-refractivity contribution in [1.82, 2.24) is 4.31 Å². The molecule has 0 N–H and O–H groups in total. The third-order valence-corrected chi connectivity index (χ3v) is 7.11. The van der Waals surface area contributed by atoms with Crippen molar-refractivity contribution >= 4 is 33.4 Å². The summed E-state index contributed by atoms with van der Waals surface area (Å²) in [6.07, 6.45) is 0. The Balaban J connectivity index is 2.35. The second-order valence-corrected chi connectivity index (χ2v) is 8.36. The van der Waals surface area contributed by atoms with Gasteiger partial charge in [0.05, 0.1) is 4.90 Å². The number of nitrogens with zero attached hydrogens (tertiary/aromatic N) is 1. The van der Waals surface area contributed by atoms with Crippen LogP contribution in [0.3, 0.4) is 0 Å². The van der Waals surface area contributed by atoms with Crippen molar-refractivity contribution in [3.8, 4) is 0 Å². The fraction of sp³-hybridized carbons (Fsp3) is 0.538.